The van der Waals surface area contributed by atoms with Crippen LogP contribution in [0, 0.1) is 0 Å². The van der Waals surface area contributed by atoms with Gasteiger partial charge in [-0.3, -0.25) is 19.4 Å². The molecule has 0 radical (unpaired) electrons. The first-order chi connectivity index (χ1) is 19.4. The smallest absolute Gasteiger partial charge is 0.409 e. The number of benzene rings is 1. The maximum Gasteiger partial charge on any atom is 0.409 e. The second-order valence-electron chi connectivity index (χ2n) is 9.03. The van der Waals surface area contributed by atoms with Gasteiger partial charge in [-0.15, -0.1) is 0 Å². The number of aromatic nitrogens is 3. The molecule has 0 aliphatic carbocycles. The number of rotatable bonds is 9. The van der Waals surface area contributed by atoms with E-state index in [-0.39, 0.29) is 51.3 Å². The molecule has 0 saturated carbocycles. The number of carbonyl (C=O) groups is 4. The van der Waals surface area contributed by atoms with Gasteiger partial charge in [0.2, 0.25) is 5.91 Å². The highest BCUT2D eigenvalue weighted by molar-refractivity contribution is 5.97. The lowest BCUT2D eigenvalue weighted by molar-refractivity contribution is -0.138. The van der Waals surface area contributed by atoms with Crippen LogP contribution in [0.1, 0.15) is 30.3 Å². The fourth-order valence-corrected chi connectivity index (χ4v) is 4.25. The maximum absolute atomic E-state index is 13.5. The summed E-state index contributed by atoms with van der Waals surface area (Å²) in [6, 6.07) is 13.1. The molecule has 0 bridgehead atoms. The molecule has 1 aliphatic rings. The second kappa shape index (κ2) is 13.3. The van der Waals surface area contributed by atoms with Crippen LogP contribution >= 0.6 is 0 Å². The minimum absolute atomic E-state index is 0.0286. The summed E-state index contributed by atoms with van der Waals surface area (Å²) in [5, 5.41) is 12.0. The van der Waals surface area contributed by atoms with Crippen molar-refractivity contribution in [2.45, 2.75) is 25.8 Å². The highest BCUT2D eigenvalue weighted by Crippen LogP contribution is 2.22. The highest BCUT2D eigenvalue weighted by atomic mass is 16.6. The third kappa shape index (κ3) is 7.16. The quantitative estimate of drug-likeness (QED) is 0.412. The number of carboxylic acids is 1. The van der Waals surface area contributed by atoms with Gasteiger partial charge in [0.15, 0.2) is 5.82 Å². The average Bonchev–Trinajstić information content (AvgIpc) is 2.99. The van der Waals surface area contributed by atoms with Crippen molar-refractivity contribution >= 4 is 23.9 Å². The molecular formula is C28H30N6O6. The maximum atomic E-state index is 13.5. The van der Waals surface area contributed by atoms with Crippen LogP contribution in [0.5, 0.6) is 0 Å². The van der Waals surface area contributed by atoms with Gasteiger partial charge in [-0.2, -0.15) is 0 Å². The number of nitrogens with zero attached hydrogens (tertiary/aromatic N) is 5. The number of piperazine rings is 1. The Labute approximate surface area is 231 Å². The molecule has 208 valence electrons. The summed E-state index contributed by atoms with van der Waals surface area (Å²) < 4.78 is 5.02. The van der Waals surface area contributed by atoms with Crippen molar-refractivity contribution in [3.63, 3.8) is 0 Å². The van der Waals surface area contributed by atoms with E-state index in [1.807, 2.05) is 30.3 Å². The minimum Gasteiger partial charge on any atom is -0.481 e. The predicted molar refractivity (Wildman–Crippen MR) is 144 cm³/mol. The molecule has 4 rings (SSSR count). The van der Waals surface area contributed by atoms with Crippen LogP contribution in [0.15, 0.2) is 60.9 Å². The number of hydrogen-bond donors (Lipinski definition) is 2. The van der Waals surface area contributed by atoms with Crippen LogP contribution in [0.25, 0.3) is 22.6 Å². The molecule has 40 heavy (non-hydrogen) atoms. The highest BCUT2D eigenvalue weighted by Gasteiger charge is 2.31. The Morgan fingerprint density at radius 3 is 2.27 bits per heavy atom. The average molecular weight is 547 g/mol. The number of amides is 3. The normalized spacial score (nSPS) is 13.8. The summed E-state index contributed by atoms with van der Waals surface area (Å²) in [4.78, 5) is 66.3. The van der Waals surface area contributed by atoms with Gasteiger partial charge in [0, 0.05) is 56.1 Å². The SMILES string of the molecule is CCOC(=O)N1CCN(C(=O)[C@H](CCC(=O)O)NC(=O)c2cc(-c3ccncc3)nc(-c3ccccc3)n2)CC1. The Bertz CT molecular complexity index is 1290. The van der Waals surface area contributed by atoms with Crippen LogP contribution < -0.4 is 5.32 Å². The van der Waals surface area contributed by atoms with Gasteiger partial charge in [0.05, 0.1) is 12.3 Å². The lowest BCUT2D eigenvalue weighted by Gasteiger charge is -2.35. The summed E-state index contributed by atoms with van der Waals surface area (Å²) in [5.74, 6) is -1.83. The third-order valence-corrected chi connectivity index (χ3v) is 6.33. The lowest BCUT2D eigenvalue weighted by atomic mass is 10.1. The van der Waals surface area contributed by atoms with E-state index in [1.165, 1.54) is 15.9 Å². The molecule has 1 fully saturated rings. The fraction of sp³-hybridized carbons (Fsp3) is 0.321. The topological polar surface area (TPSA) is 155 Å². The molecule has 12 nitrogen and oxygen atoms in total. The van der Waals surface area contributed by atoms with Crippen LogP contribution in [0.4, 0.5) is 4.79 Å². The van der Waals surface area contributed by atoms with Gasteiger partial charge in [-0.05, 0) is 31.5 Å². The van der Waals surface area contributed by atoms with Gasteiger partial charge >= 0.3 is 12.1 Å². The van der Waals surface area contributed by atoms with E-state index in [9.17, 15) is 24.3 Å². The zero-order valence-electron chi connectivity index (χ0n) is 22.0. The fourth-order valence-electron chi connectivity index (χ4n) is 4.25. The first-order valence-electron chi connectivity index (χ1n) is 12.9. The summed E-state index contributed by atoms with van der Waals surface area (Å²) >= 11 is 0. The van der Waals surface area contributed by atoms with E-state index in [2.05, 4.69) is 20.3 Å². The number of nitrogens with one attached hydrogen (secondary N) is 1. The Morgan fingerprint density at radius 1 is 0.950 bits per heavy atom. The molecule has 0 spiro atoms. The van der Waals surface area contributed by atoms with E-state index in [1.54, 1.807) is 31.5 Å². The largest absolute Gasteiger partial charge is 0.481 e. The number of carbonyl (C=O) groups excluding carboxylic acids is 3. The van der Waals surface area contributed by atoms with E-state index in [0.717, 1.165) is 5.56 Å². The van der Waals surface area contributed by atoms with Gasteiger partial charge in [-0.1, -0.05) is 30.3 Å². The van der Waals surface area contributed by atoms with Crippen molar-refractivity contribution in [1.29, 1.82) is 0 Å². The summed E-state index contributed by atoms with van der Waals surface area (Å²) in [7, 11) is 0. The van der Waals surface area contributed by atoms with Crippen LogP contribution in [0.2, 0.25) is 0 Å². The number of carboxylic acid groups (broad SMARTS) is 1. The first kappa shape index (κ1) is 28.1. The van der Waals surface area contributed by atoms with Crippen LogP contribution in [0.3, 0.4) is 0 Å². The van der Waals surface area contributed by atoms with Crippen molar-refractivity contribution < 1.29 is 29.0 Å². The van der Waals surface area contributed by atoms with E-state index in [0.29, 0.717) is 17.1 Å². The van der Waals surface area contributed by atoms with Gasteiger partial charge in [-0.25, -0.2) is 14.8 Å². The predicted octanol–water partition coefficient (Wildman–Crippen LogP) is 2.47. The monoisotopic (exact) mass is 546 g/mol. The summed E-state index contributed by atoms with van der Waals surface area (Å²) in [5.41, 5.74) is 1.94. The second-order valence-corrected chi connectivity index (χ2v) is 9.03. The number of hydrogen-bond acceptors (Lipinski definition) is 8. The standard InChI is InChI=1S/C28H30N6O6/c1-2-40-28(39)34-16-14-33(15-17-34)27(38)21(8-9-24(35)36)32-26(37)23-18-22(19-10-12-29-13-11-19)30-25(31-23)20-6-4-3-5-7-20/h3-7,10-13,18,21H,2,8-9,14-17H2,1H3,(H,32,37)(H,35,36)/t21-/m0/s1. The van der Waals surface area contributed by atoms with Gasteiger partial charge in [0.25, 0.3) is 5.91 Å². The van der Waals surface area contributed by atoms with Crippen LogP contribution in [-0.4, -0.2) is 92.6 Å². The Kier molecular flexibility index (Phi) is 9.34. The van der Waals surface area contributed by atoms with Crippen LogP contribution in [-0.2, 0) is 14.3 Å². The van der Waals surface area contributed by atoms with Crippen molar-refractivity contribution in [3.05, 3.63) is 66.6 Å². The molecule has 12 heteroatoms. The molecular weight excluding hydrogens is 516 g/mol. The molecule has 1 atom stereocenters. The molecule has 3 heterocycles. The van der Waals surface area contributed by atoms with Gasteiger partial charge < -0.3 is 25.0 Å². The zero-order chi connectivity index (χ0) is 28.5. The summed E-state index contributed by atoms with van der Waals surface area (Å²) in [6.45, 7) is 2.97. The third-order valence-electron chi connectivity index (χ3n) is 6.33. The summed E-state index contributed by atoms with van der Waals surface area (Å²) in [6.07, 6.45) is 2.35. The Morgan fingerprint density at radius 2 is 1.62 bits per heavy atom. The number of ether oxygens (including phenoxy) is 1. The van der Waals surface area contributed by atoms with Crippen molar-refractivity contribution in [3.8, 4) is 22.6 Å². The molecule has 1 aromatic carbocycles. The molecule has 2 aromatic heterocycles. The molecule has 3 aromatic rings. The molecule has 0 unspecified atom stereocenters. The van der Waals surface area contributed by atoms with E-state index >= 15 is 0 Å². The minimum atomic E-state index is -1.10. The molecule has 1 saturated heterocycles. The number of pyridine rings is 1. The zero-order valence-corrected chi connectivity index (χ0v) is 22.0. The van der Waals surface area contributed by atoms with E-state index < -0.39 is 29.9 Å². The Balaban J connectivity index is 1.57. The van der Waals surface area contributed by atoms with Crippen molar-refractivity contribution in [2.24, 2.45) is 0 Å². The number of aliphatic carboxylic acids is 1. The molecule has 3 amide bonds. The molecule has 2 N–H and O–H groups in total. The van der Waals surface area contributed by atoms with Gasteiger partial charge in [0.1, 0.15) is 11.7 Å². The van der Waals surface area contributed by atoms with Crippen molar-refractivity contribution in [1.82, 2.24) is 30.1 Å². The lowest BCUT2D eigenvalue weighted by Crippen LogP contribution is -2.56. The first-order valence-corrected chi connectivity index (χ1v) is 12.9. The molecule has 1 aliphatic heterocycles. The Hall–Kier alpha value is -4.87. The van der Waals surface area contributed by atoms with Crippen molar-refractivity contribution in [2.75, 3.05) is 32.8 Å². The van der Waals surface area contributed by atoms with E-state index in [4.69, 9.17) is 4.74 Å².